The predicted molar refractivity (Wildman–Crippen MR) is 112 cm³/mol. The molecule has 0 aromatic heterocycles. The molecular formula is C21H28N2O4S. The summed E-state index contributed by atoms with van der Waals surface area (Å²) in [6.07, 6.45) is 1.11. The van der Waals surface area contributed by atoms with Crippen LogP contribution in [0.3, 0.4) is 0 Å². The Morgan fingerprint density at radius 3 is 2.50 bits per heavy atom. The number of para-hydroxylation sites is 1. The van der Waals surface area contributed by atoms with Gasteiger partial charge in [-0.05, 0) is 42.2 Å². The highest BCUT2D eigenvalue weighted by molar-refractivity contribution is 7.92. The molecule has 1 amide bonds. The van der Waals surface area contributed by atoms with Crippen LogP contribution in [0, 0.1) is 0 Å². The minimum Gasteiger partial charge on any atom is -0.494 e. The van der Waals surface area contributed by atoms with Gasteiger partial charge in [-0.1, -0.05) is 44.2 Å². The lowest BCUT2D eigenvalue weighted by atomic mass is 10.0. The first kappa shape index (κ1) is 21.8. The van der Waals surface area contributed by atoms with Crippen molar-refractivity contribution in [3.8, 4) is 5.75 Å². The number of amides is 1. The van der Waals surface area contributed by atoms with Crippen molar-refractivity contribution >= 4 is 21.6 Å². The summed E-state index contributed by atoms with van der Waals surface area (Å²) in [7, 11) is -3.61. The van der Waals surface area contributed by atoms with Gasteiger partial charge in [-0.15, -0.1) is 0 Å². The Balaban J connectivity index is 2.14. The van der Waals surface area contributed by atoms with Crippen LogP contribution in [-0.2, 0) is 21.4 Å². The zero-order valence-electron chi connectivity index (χ0n) is 16.8. The largest absolute Gasteiger partial charge is 0.494 e. The maximum Gasteiger partial charge on any atom is 0.241 e. The van der Waals surface area contributed by atoms with E-state index in [1.54, 1.807) is 12.1 Å². The summed E-state index contributed by atoms with van der Waals surface area (Å²) in [5, 5.41) is 2.79. The van der Waals surface area contributed by atoms with Gasteiger partial charge in [0.25, 0.3) is 0 Å². The van der Waals surface area contributed by atoms with Gasteiger partial charge in [0.1, 0.15) is 12.3 Å². The maximum atomic E-state index is 12.5. The second-order valence-corrected chi connectivity index (χ2v) is 8.75. The van der Waals surface area contributed by atoms with Crippen LogP contribution in [-0.4, -0.2) is 33.7 Å². The first-order valence-electron chi connectivity index (χ1n) is 9.27. The highest BCUT2D eigenvalue weighted by atomic mass is 32.2. The second kappa shape index (κ2) is 9.59. The number of carbonyl (C=O) groups excluding carboxylic acids is 1. The summed E-state index contributed by atoms with van der Waals surface area (Å²) < 4.78 is 31.3. The molecule has 0 radical (unpaired) electrons. The summed E-state index contributed by atoms with van der Waals surface area (Å²) >= 11 is 0. The average molecular weight is 405 g/mol. The molecule has 0 aliphatic carbocycles. The molecule has 152 valence electrons. The fourth-order valence-electron chi connectivity index (χ4n) is 2.88. The lowest BCUT2D eigenvalue weighted by Crippen LogP contribution is -2.40. The first-order valence-corrected chi connectivity index (χ1v) is 11.1. The number of anilines is 1. The molecule has 0 unspecified atom stereocenters. The number of nitrogens with zero attached hydrogens (tertiary/aromatic N) is 1. The number of benzene rings is 2. The van der Waals surface area contributed by atoms with Gasteiger partial charge in [0.05, 0.1) is 18.6 Å². The third-order valence-corrected chi connectivity index (χ3v) is 5.34. The van der Waals surface area contributed by atoms with Crippen LogP contribution in [0.4, 0.5) is 5.69 Å². The van der Waals surface area contributed by atoms with Crippen molar-refractivity contribution in [1.29, 1.82) is 0 Å². The lowest BCUT2D eigenvalue weighted by molar-refractivity contribution is -0.119. The number of nitrogens with one attached hydrogen (secondary N) is 1. The van der Waals surface area contributed by atoms with Gasteiger partial charge < -0.3 is 10.1 Å². The molecule has 0 aliphatic heterocycles. The number of hydrogen-bond acceptors (Lipinski definition) is 4. The highest BCUT2D eigenvalue weighted by Gasteiger charge is 2.23. The van der Waals surface area contributed by atoms with E-state index in [2.05, 4.69) is 5.32 Å². The standard InChI is InChI=1S/C21H28N2O4S/c1-5-27-18-10-8-9-17(13-18)14-22-21(24)15-23(28(4,25)26)20-12-7-6-11-19(20)16(2)3/h6-13,16H,5,14-15H2,1-4H3,(H,22,24). The molecular weight excluding hydrogens is 376 g/mol. The van der Waals surface area contributed by atoms with E-state index in [4.69, 9.17) is 4.74 Å². The molecule has 0 bridgehead atoms. The smallest absolute Gasteiger partial charge is 0.241 e. The molecule has 0 heterocycles. The molecule has 0 aliphatic rings. The van der Waals surface area contributed by atoms with Crippen molar-refractivity contribution in [2.24, 2.45) is 0 Å². The summed E-state index contributed by atoms with van der Waals surface area (Å²) in [5.74, 6) is 0.494. The van der Waals surface area contributed by atoms with Crippen LogP contribution >= 0.6 is 0 Å². The Bertz CT molecular complexity index is 910. The topological polar surface area (TPSA) is 75.7 Å². The van der Waals surface area contributed by atoms with E-state index in [-0.39, 0.29) is 18.4 Å². The fraction of sp³-hybridized carbons (Fsp3) is 0.381. The summed E-state index contributed by atoms with van der Waals surface area (Å²) in [6, 6.07) is 14.7. The SMILES string of the molecule is CCOc1cccc(CNC(=O)CN(c2ccccc2C(C)C)S(C)(=O)=O)c1. The van der Waals surface area contributed by atoms with E-state index < -0.39 is 10.0 Å². The van der Waals surface area contributed by atoms with Crippen LogP contribution < -0.4 is 14.4 Å². The predicted octanol–water partition coefficient (Wildman–Crippen LogP) is 3.29. The van der Waals surface area contributed by atoms with Gasteiger partial charge in [-0.3, -0.25) is 9.10 Å². The summed E-state index contributed by atoms with van der Waals surface area (Å²) in [5.41, 5.74) is 2.30. The maximum absolute atomic E-state index is 12.5. The van der Waals surface area contributed by atoms with Gasteiger partial charge in [-0.2, -0.15) is 0 Å². The van der Waals surface area contributed by atoms with Crippen LogP contribution in [0.2, 0.25) is 0 Å². The molecule has 0 saturated heterocycles. The van der Waals surface area contributed by atoms with Crippen molar-refractivity contribution in [2.75, 3.05) is 23.7 Å². The molecule has 28 heavy (non-hydrogen) atoms. The molecule has 2 rings (SSSR count). The van der Waals surface area contributed by atoms with E-state index in [1.165, 1.54) is 0 Å². The van der Waals surface area contributed by atoms with Crippen molar-refractivity contribution in [2.45, 2.75) is 33.2 Å². The quantitative estimate of drug-likeness (QED) is 0.696. The molecule has 0 saturated carbocycles. The van der Waals surface area contributed by atoms with E-state index in [0.717, 1.165) is 27.4 Å². The second-order valence-electron chi connectivity index (χ2n) is 6.84. The molecule has 6 nitrogen and oxygen atoms in total. The summed E-state index contributed by atoms with van der Waals surface area (Å²) in [6.45, 7) is 6.48. The van der Waals surface area contributed by atoms with Gasteiger partial charge in [0, 0.05) is 6.54 Å². The van der Waals surface area contributed by atoms with Crippen LogP contribution in [0.5, 0.6) is 5.75 Å². The fourth-order valence-corrected chi connectivity index (χ4v) is 3.76. The van der Waals surface area contributed by atoms with E-state index in [1.807, 2.05) is 57.2 Å². The molecule has 1 N–H and O–H groups in total. The summed E-state index contributed by atoms with van der Waals surface area (Å²) in [4.78, 5) is 12.5. The number of carbonyl (C=O) groups is 1. The first-order chi connectivity index (χ1) is 13.2. The minimum absolute atomic E-state index is 0.129. The zero-order valence-corrected chi connectivity index (χ0v) is 17.6. The average Bonchev–Trinajstić information content (AvgIpc) is 2.64. The van der Waals surface area contributed by atoms with Crippen molar-refractivity contribution in [1.82, 2.24) is 5.32 Å². The van der Waals surface area contributed by atoms with E-state index >= 15 is 0 Å². The number of rotatable bonds is 9. The Kier molecular flexibility index (Phi) is 7.45. The number of hydrogen-bond donors (Lipinski definition) is 1. The third kappa shape index (κ3) is 5.99. The van der Waals surface area contributed by atoms with Gasteiger partial charge >= 0.3 is 0 Å². The molecule has 2 aromatic rings. The zero-order chi connectivity index (χ0) is 20.7. The molecule has 0 spiro atoms. The van der Waals surface area contributed by atoms with Crippen molar-refractivity contribution < 1.29 is 17.9 Å². The van der Waals surface area contributed by atoms with Crippen LogP contribution in [0.15, 0.2) is 48.5 Å². The van der Waals surface area contributed by atoms with Crippen molar-refractivity contribution in [3.63, 3.8) is 0 Å². The molecule has 0 atom stereocenters. The minimum atomic E-state index is -3.61. The number of sulfonamides is 1. The molecule has 0 fully saturated rings. The Hall–Kier alpha value is -2.54. The van der Waals surface area contributed by atoms with Gasteiger partial charge in [0.15, 0.2) is 0 Å². The van der Waals surface area contributed by atoms with E-state index in [0.29, 0.717) is 18.8 Å². The lowest BCUT2D eigenvalue weighted by Gasteiger charge is -2.25. The third-order valence-electron chi connectivity index (χ3n) is 4.21. The Morgan fingerprint density at radius 2 is 1.86 bits per heavy atom. The van der Waals surface area contributed by atoms with Gasteiger partial charge in [0.2, 0.25) is 15.9 Å². The highest BCUT2D eigenvalue weighted by Crippen LogP contribution is 2.28. The Labute approximate surface area is 167 Å². The van der Waals surface area contributed by atoms with Crippen molar-refractivity contribution in [3.05, 3.63) is 59.7 Å². The van der Waals surface area contributed by atoms with Crippen LogP contribution in [0.25, 0.3) is 0 Å². The monoisotopic (exact) mass is 404 g/mol. The molecule has 7 heteroatoms. The number of ether oxygens (including phenoxy) is 1. The van der Waals surface area contributed by atoms with E-state index in [9.17, 15) is 13.2 Å². The normalized spacial score (nSPS) is 11.3. The van der Waals surface area contributed by atoms with Crippen LogP contribution in [0.1, 0.15) is 37.8 Å². The molecule has 2 aromatic carbocycles. The van der Waals surface area contributed by atoms with Gasteiger partial charge in [-0.25, -0.2) is 8.42 Å². The Morgan fingerprint density at radius 1 is 1.14 bits per heavy atom.